The van der Waals surface area contributed by atoms with Gasteiger partial charge in [-0.3, -0.25) is 9.59 Å². The molecule has 0 aliphatic carbocycles. The van der Waals surface area contributed by atoms with Crippen LogP contribution < -0.4 is 5.32 Å². The van der Waals surface area contributed by atoms with Crippen LogP contribution in [0.15, 0.2) is 18.2 Å². The molecule has 0 bridgehead atoms. The minimum atomic E-state index is -0.792. The maximum Gasteiger partial charge on any atom is 0.303 e. The first-order valence-electron chi connectivity index (χ1n) is 6.31. The molecular formula is C14H19NO4. The summed E-state index contributed by atoms with van der Waals surface area (Å²) in [4.78, 5) is 22.1. The zero-order valence-corrected chi connectivity index (χ0v) is 11.0. The van der Waals surface area contributed by atoms with Crippen molar-refractivity contribution in [1.29, 1.82) is 0 Å². The van der Waals surface area contributed by atoms with Crippen LogP contribution in [-0.4, -0.2) is 28.6 Å². The highest BCUT2D eigenvalue weighted by Crippen LogP contribution is 2.19. The van der Waals surface area contributed by atoms with E-state index in [0.717, 1.165) is 12.8 Å². The molecule has 1 amide bonds. The molecule has 1 rings (SSSR count). The maximum atomic E-state index is 11.8. The lowest BCUT2D eigenvalue weighted by Crippen LogP contribution is -2.25. The maximum absolute atomic E-state index is 11.8. The summed E-state index contributed by atoms with van der Waals surface area (Å²) in [5, 5.41) is 20.7. The first kappa shape index (κ1) is 15.0. The summed E-state index contributed by atoms with van der Waals surface area (Å²) in [5.74, 6) is -0.903. The fourth-order valence-electron chi connectivity index (χ4n) is 1.74. The zero-order valence-electron chi connectivity index (χ0n) is 11.0. The van der Waals surface area contributed by atoms with Gasteiger partial charge in [0, 0.05) is 24.1 Å². The molecule has 0 heterocycles. The molecule has 5 heteroatoms. The molecule has 0 radical (unpaired) electrons. The van der Waals surface area contributed by atoms with Crippen LogP contribution in [0, 0.1) is 6.92 Å². The molecule has 0 unspecified atom stereocenters. The average Bonchev–Trinajstić information content (AvgIpc) is 2.36. The van der Waals surface area contributed by atoms with Gasteiger partial charge in [-0.25, -0.2) is 0 Å². The van der Waals surface area contributed by atoms with Gasteiger partial charge in [-0.2, -0.15) is 0 Å². The predicted octanol–water partition coefficient (Wildman–Crippen LogP) is 2.08. The number of phenols is 1. The molecule has 1 aromatic carbocycles. The monoisotopic (exact) mass is 265 g/mol. The second kappa shape index (κ2) is 7.41. The number of carbonyl (C=O) groups is 2. The van der Waals surface area contributed by atoms with E-state index in [1.54, 1.807) is 19.1 Å². The molecule has 0 aliphatic rings. The molecule has 3 N–H and O–H groups in total. The number of hydrogen-bond acceptors (Lipinski definition) is 3. The van der Waals surface area contributed by atoms with Crippen LogP contribution in [0.1, 0.15) is 41.6 Å². The van der Waals surface area contributed by atoms with Crippen LogP contribution >= 0.6 is 0 Å². The lowest BCUT2D eigenvalue weighted by Gasteiger charge is -2.08. The van der Waals surface area contributed by atoms with Crippen LogP contribution in [0.2, 0.25) is 0 Å². The minimum Gasteiger partial charge on any atom is -0.508 e. The molecule has 104 valence electrons. The summed E-state index contributed by atoms with van der Waals surface area (Å²) >= 11 is 0. The zero-order chi connectivity index (χ0) is 14.3. The summed E-state index contributed by atoms with van der Waals surface area (Å²) in [7, 11) is 0. The van der Waals surface area contributed by atoms with Crippen molar-refractivity contribution in [2.24, 2.45) is 0 Å². The van der Waals surface area contributed by atoms with Crippen LogP contribution in [0.4, 0.5) is 0 Å². The van der Waals surface area contributed by atoms with Crippen molar-refractivity contribution >= 4 is 11.9 Å². The molecule has 1 aromatic rings. The summed E-state index contributed by atoms with van der Waals surface area (Å²) in [6, 6.07) is 4.83. The highest BCUT2D eigenvalue weighted by atomic mass is 16.4. The summed E-state index contributed by atoms with van der Waals surface area (Å²) < 4.78 is 0. The van der Waals surface area contributed by atoms with Gasteiger partial charge in [-0.05, 0) is 31.9 Å². The number of benzene rings is 1. The van der Waals surface area contributed by atoms with Crippen LogP contribution in [0.25, 0.3) is 0 Å². The van der Waals surface area contributed by atoms with Gasteiger partial charge in [0.15, 0.2) is 0 Å². The standard InChI is InChI=1S/C14H19NO4/c1-10-11(6-5-7-12(10)16)14(19)15-9-4-2-3-8-13(17)18/h5-7,16H,2-4,8-9H2,1H3,(H,15,19)(H,17,18). The van der Waals surface area contributed by atoms with E-state index < -0.39 is 5.97 Å². The number of carbonyl (C=O) groups excluding carboxylic acids is 1. The number of phenolic OH excluding ortho intramolecular Hbond substituents is 1. The summed E-state index contributed by atoms with van der Waals surface area (Å²) in [6.45, 7) is 2.20. The topological polar surface area (TPSA) is 86.6 Å². The Balaban J connectivity index is 2.32. The SMILES string of the molecule is Cc1c(O)cccc1C(=O)NCCCCCC(=O)O. The normalized spacial score (nSPS) is 10.2. The number of carboxylic acids is 1. The Morgan fingerprint density at radius 2 is 1.95 bits per heavy atom. The number of rotatable bonds is 7. The van der Waals surface area contributed by atoms with Crippen molar-refractivity contribution in [3.8, 4) is 5.75 Å². The number of hydrogen-bond donors (Lipinski definition) is 3. The van der Waals surface area contributed by atoms with Crippen molar-refractivity contribution in [1.82, 2.24) is 5.32 Å². The third kappa shape index (κ3) is 4.99. The van der Waals surface area contributed by atoms with Gasteiger partial charge in [0.1, 0.15) is 5.75 Å². The Bertz CT molecular complexity index is 457. The van der Waals surface area contributed by atoms with E-state index in [-0.39, 0.29) is 18.1 Å². The van der Waals surface area contributed by atoms with Gasteiger partial charge in [0.05, 0.1) is 0 Å². The fourth-order valence-corrected chi connectivity index (χ4v) is 1.74. The van der Waals surface area contributed by atoms with Crippen molar-refractivity contribution in [2.45, 2.75) is 32.6 Å². The van der Waals surface area contributed by atoms with E-state index in [1.807, 2.05) is 0 Å². The molecule has 0 atom stereocenters. The van der Waals surface area contributed by atoms with Gasteiger partial charge in [-0.15, -0.1) is 0 Å². The first-order chi connectivity index (χ1) is 9.02. The van der Waals surface area contributed by atoms with Gasteiger partial charge in [0.25, 0.3) is 5.91 Å². The molecule has 19 heavy (non-hydrogen) atoms. The van der Waals surface area contributed by atoms with Crippen LogP contribution in [0.3, 0.4) is 0 Å². The second-order valence-electron chi connectivity index (χ2n) is 4.41. The highest BCUT2D eigenvalue weighted by molar-refractivity contribution is 5.96. The summed E-state index contributed by atoms with van der Waals surface area (Å²) in [5.41, 5.74) is 1.02. The van der Waals surface area contributed by atoms with Crippen molar-refractivity contribution < 1.29 is 19.8 Å². The molecule has 0 fully saturated rings. The Labute approximate surface area is 112 Å². The van der Waals surface area contributed by atoms with E-state index in [4.69, 9.17) is 5.11 Å². The Morgan fingerprint density at radius 3 is 2.63 bits per heavy atom. The molecule has 0 saturated carbocycles. The molecule has 0 aliphatic heterocycles. The van der Waals surface area contributed by atoms with Crippen LogP contribution in [-0.2, 0) is 4.79 Å². The molecule has 0 spiro atoms. The molecule has 0 saturated heterocycles. The molecule has 0 aromatic heterocycles. The highest BCUT2D eigenvalue weighted by Gasteiger charge is 2.10. The number of amides is 1. The van der Waals surface area contributed by atoms with E-state index in [1.165, 1.54) is 6.07 Å². The Hall–Kier alpha value is -2.04. The van der Waals surface area contributed by atoms with Gasteiger partial charge in [-0.1, -0.05) is 12.5 Å². The Kier molecular flexibility index (Phi) is 5.85. The van der Waals surface area contributed by atoms with E-state index in [2.05, 4.69) is 5.32 Å². The van der Waals surface area contributed by atoms with Gasteiger partial charge >= 0.3 is 5.97 Å². The van der Waals surface area contributed by atoms with Gasteiger partial charge in [0.2, 0.25) is 0 Å². The second-order valence-corrected chi connectivity index (χ2v) is 4.41. The Morgan fingerprint density at radius 1 is 1.21 bits per heavy atom. The van der Waals surface area contributed by atoms with Gasteiger partial charge < -0.3 is 15.5 Å². The fraction of sp³-hybridized carbons (Fsp3) is 0.429. The molecule has 5 nitrogen and oxygen atoms in total. The third-order valence-electron chi connectivity index (χ3n) is 2.90. The van der Waals surface area contributed by atoms with Crippen molar-refractivity contribution in [3.63, 3.8) is 0 Å². The number of aromatic hydroxyl groups is 1. The van der Waals surface area contributed by atoms with E-state index in [9.17, 15) is 14.7 Å². The lowest BCUT2D eigenvalue weighted by molar-refractivity contribution is -0.137. The van der Waals surface area contributed by atoms with Crippen molar-refractivity contribution in [3.05, 3.63) is 29.3 Å². The first-order valence-corrected chi connectivity index (χ1v) is 6.31. The quantitative estimate of drug-likeness (QED) is 0.659. The number of carboxylic acid groups (broad SMARTS) is 1. The lowest BCUT2D eigenvalue weighted by atomic mass is 10.1. The number of nitrogens with one attached hydrogen (secondary N) is 1. The predicted molar refractivity (Wildman–Crippen MR) is 71.3 cm³/mol. The molecular weight excluding hydrogens is 246 g/mol. The smallest absolute Gasteiger partial charge is 0.303 e. The van der Waals surface area contributed by atoms with Crippen molar-refractivity contribution in [2.75, 3.05) is 6.54 Å². The van der Waals surface area contributed by atoms with E-state index in [0.29, 0.717) is 24.1 Å². The minimum absolute atomic E-state index is 0.106. The summed E-state index contributed by atoms with van der Waals surface area (Å²) in [6.07, 6.45) is 2.30. The number of aliphatic carboxylic acids is 1. The largest absolute Gasteiger partial charge is 0.508 e. The third-order valence-corrected chi connectivity index (χ3v) is 2.90. The number of unbranched alkanes of at least 4 members (excludes halogenated alkanes) is 2. The average molecular weight is 265 g/mol. The van der Waals surface area contributed by atoms with E-state index >= 15 is 0 Å². The van der Waals surface area contributed by atoms with Crippen LogP contribution in [0.5, 0.6) is 5.75 Å².